The quantitative estimate of drug-likeness (QED) is 0.805. The molecule has 0 aromatic heterocycles. The minimum Gasteiger partial charge on any atom is -0.480 e. The molecule has 3 nitrogen and oxygen atoms in total. The standard InChI is InChI=1S/C11H13NO2S2/c1-16-11(15)12-9(10(13)14)7-8-5-3-2-4-6-8/h2-6,9H,7H2,1H3,(H,12,15)(H,13,14)/t9-/m0/s1. The second kappa shape index (κ2) is 6.50. The fourth-order valence-electron chi connectivity index (χ4n) is 1.25. The third-order valence-electron chi connectivity index (χ3n) is 2.06. The summed E-state index contributed by atoms with van der Waals surface area (Å²) in [4.78, 5) is 11.0. The van der Waals surface area contributed by atoms with Crippen LogP contribution in [0.1, 0.15) is 5.56 Å². The second-order valence-electron chi connectivity index (χ2n) is 3.22. The maximum absolute atomic E-state index is 11.0. The van der Waals surface area contributed by atoms with Gasteiger partial charge in [0.2, 0.25) is 0 Å². The van der Waals surface area contributed by atoms with E-state index in [0.717, 1.165) is 5.56 Å². The molecule has 0 aliphatic rings. The van der Waals surface area contributed by atoms with E-state index in [0.29, 0.717) is 10.7 Å². The van der Waals surface area contributed by atoms with E-state index < -0.39 is 12.0 Å². The lowest BCUT2D eigenvalue weighted by Crippen LogP contribution is -2.40. The van der Waals surface area contributed by atoms with Crippen LogP contribution < -0.4 is 5.32 Å². The van der Waals surface area contributed by atoms with Gasteiger partial charge in [-0.3, -0.25) is 0 Å². The SMILES string of the molecule is CSC(=S)N[C@@H](Cc1ccccc1)C(=O)O. The van der Waals surface area contributed by atoms with Gasteiger partial charge in [-0.2, -0.15) is 0 Å². The number of thiocarbonyl (C=S) groups is 1. The lowest BCUT2D eigenvalue weighted by atomic mass is 10.1. The lowest BCUT2D eigenvalue weighted by Gasteiger charge is -2.15. The van der Waals surface area contributed by atoms with Gasteiger partial charge >= 0.3 is 5.97 Å². The number of carbonyl (C=O) groups is 1. The predicted octanol–water partition coefficient (Wildman–Crippen LogP) is 1.92. The number of carboxylic acids is 1. The molecule has 1 rings (SSSR count). The van der Waals surface area contributed by atoms with E-state index in [9.17, 15) is 4.79 Å². The first-order valence-electron chi connectivity index (χ1n) is 4.74. The van der Waals surface area contributed by atoms with Crippen LogP contribution in [0.3, 0.4) is 0 Å². The number of hydrogen-bond acceptors (Lipinski definition) is 3. The van der Waals surface area contributed by atoms with Gasteiger partial charge in [0, 0.05) is 6.42 Å². The van der Waals surface area contributed by atoms with Gasteiger partial charge in [-0.1, -0.05) is 42.5 Å². The van der Waals surface area contributed by atoms with Crippen LogP contribution in [0.25, 0.3) is 0 Å². The topological polar surface area (TPSA) is 49.3 Å². The Kier molecular flexibility index (Phi) is 5.28. The summed E-state index contributed by atoms with van der Waals surface area (Å²) in [5, 5.41) is 11.9. The predicted molar refractivity (Wildman–Crippen MR) is 70.8 cm³/mol. The summed E-state index contributed by atoms with van der Waals surface area (Å²) in [6.45, 7) is 0. The summed E-state index contributed by atoms with van der Waals surface area (Å²) >= 11 is 6.29. The van der Waals surface area contributed by atoms with Crippen LogP contribution in [-0.2, 0) is 11.2 Å². The highest BCUT2D eigenvalue weighted by atomic mass is 32.2. The molecule has 0 unspecified atom stereocenters. The highest BCUT2D eigenvalue weighted by Crippen LogP contribution is 2.05. The highest BCUT2D eigenvalue weighted by molar-refractivity contribution is 8.22. The highest BCUT2D eigenvalue weighted by Gasteiger charge is 2.18. The number of benzene rings is 1. The molecule has 0 radical (unpaired) electrons. The lowest BCUT2D eigenvalue weighted by molar-refractivity contribution is -0.138. The van der Waals surface area contributed by atoms with Crippen molar-refractivity contribution in [2.45, 2.75) is 12.5 Å². The zero-order valence-corrected chi connectivity index (χ0v) is 10.5. The molecule has 16 heavy (non-hydrogen) atoms. The summed E-state index contributed by atoms with van der Waals surface area (Å²) in [5.41, 5.74) is 0.978. The third kappa shape index (κ3) is 4.20. The normalized spacial score (nSPS) is 11.8. The van der Waals surface area contributed by atoms with E-state index in [2.05, 4.69) is 5.32 Å². The average molecular weight is 255 g/mol. The van der Waals surface area contributed by atoms with Crippen molar-refractivity contribution in [2.24, 2.45) is 0 Å². The second-order valence-corrected chi connectivity index (χ2v) is 4.70. The smallest absolute Gasteiger partial charge is 0.326 e. The van der Waals surface area contributed by atoms with Gasteiger partial charge in [-0.05, 0) is 11.8 Å². The number of carboxylic acid groups (broad SMARTS) is 1. The molecule has 1 aromatic rings. The van der Waals surface area contributed by atoms with Gasteiger partial charge in [0.15, 0.2) is 0 Å². The first kappa shape index (κ1) is 13.0. The molecule has 0 saturated carbocycles. The van der Waals surface area contributed by atoms with Crippen LogP contribution in [0, 0.1) is 0 Å². The van der Waals surface area contributed by atoms with Crippen LogP contribution >= 0.6 is 24.0 Å². The zero-order chi connectivity index (χ0) is 12.0. The van der Waals surface area contributed by atoms with Crippen LogP contribution in [0.5, 0.6) is 0 Å². The number of aliphatic carboxylic acids is 1. The molecule has 2 N–H and O–H groups in total. The molecule has 0 amide bonds. The molecule has 0 bridgehead atoms. The van der Waals surface area contributed by atoms with E-state index in [4.69, 9.17) is 17.3 Å². The molecular formula is C11H13NO2S2. The van der Waals surface area contributed by atoms with Crippen LogP contribution in [0.15, 0.2) is 30.3 Å². The van der Waals surface area contributed by atoms with Gasteiger partial charge in [-0.15, -0.1) is 11.8 Å². The molecule has 0 heterocycles. The molecule has 0 aliphatic heterocycles. The van der Waals surface area contributed by atoms with E-state index in [1.54, 1.807) is 0 Å². The Bertz CT molecular complexity index is 368. The van der Waals surface area contributed by atoms with E-state index in [1.807, 2.05) is 36.6 Å². The first-order chi connectivity index (χ1) is 7.63. The van der Waals surface area contributed by atoms with Gasteiger partial charge in [0.1, 0.15) is 10.4 Å². The Morgan fingerprint density at radius 3 is 2.62 bits per heavy atom. The molecule has 0 aliphatic carbocycles. The molecule has 0 fully saturated rings. The molecule has 0 spiro atoms. The zero-order valence-electron chi connectivity index (χ0n) is 8.84. The summed E-state index contributed by atoms with van der Waals surface area (Å²) in [5.74, 6) is -0.889. The van der Waals surface area contributed by atoms with Crippen LogP contribution in [0.2, 0.25) is 0 Å². The van der Waals surface area contributed by atoms with Crippen molar-refractivity contribution in [3.8, 4) is 0 Å². The molecule has 1 aromatic carbocycles. The largest absolute Gasteiger partial charge is 0.480 e. The Labute approximate surface area is 104 Å². The van der Waals surface area contributed by atoms with Crippen molar-refractivity contribution in [1.82, 2.24) is 5.32 Å². The molecule has 0 saturated heterocycles. The van der Waals surface area contributed by atoms with Crippen molar-refractivity contribution < 1.29 is 9.90 Å². The minimum absolute atomic E-state index is 0.427. The summed E-state index contributed by atoms with van der Waals surface area (Å²) in [6, 6.07) is 8.82. The van der Waals surface area contributed by atoms with Crippen molar-refractivity contribution in [3.05, 3.63) is 35.9 Å². The van der Waals surface area contributed by atoms with Gasteiger partial charge in [0.25, 0.3) is 0 Å². The number of thioether (sulfide) groups is 1. The fraction of sp³-hybridized carbons (Fsp3) is 0.273. The summed E-state index contributed by atoms with van der Waals surface area (Å²) in [6.07, 6.45) is 2.24. The number of nitrogens with one attached hydrogen (secondary N) is 1. The summed E-state index contributed by atoms with van der Waals surface area (Å²) in [7, 11) is 0. The summed E-state index contributed by atoms with van der Waals surface area (Å²) < 4.78 is 0.503. The maximum Gasteiger partial charge on any atom is 0.326 e. The van der Waals surface area contributed by atoms with Gasteiger partial charge in [0.05, 0.1) is 0 Å². The van der Waals surface area contributed by atoms with E-state index in [1.165, 1.54) is 11.8 Å². The van der Waals surface area contributed by atoms with Crippen molar-refractivity contribution in [1.29, 1.82) is 0 Å². The number of hydrogen-bond donors (Lipinski definition) is 2. The average Bonchev–Trinajstić information content (AvgIpc) is 2.29. The van der Waals surface area contributed by atoms with E-state index >= 15 is 0 Å². The third-order valence-corrected chi connectivity index (χ3v) is 3.16. The Morgan fingerprint density at radius 2 is 2.12 bits per heavy atom. The van der Waals surface area contributed by atoms with Crippen molar-refractivity contribution in [3.63, 3.8) is 0 Å². The van der Waals surface area contributed by atoms with Crippen LogP contribution in [0.4, 0.5) is 0 Å². The Hall–Kier alpha value is -1.07. The molecular weight excluding hydrogens is 242 g/mol. The fourth-order valence-corrected chi connectivity index (χ4v) is 1.65. The van der Waals surface area contributed by atoms with Gasteiger partial charge < -0.3 is 10.4 Å². The Morgan fingerprint density at radius 1 is 1.50 bits per heavy atom. The molecule has 86 valence electrons. The first-order valence-corrected chi connectivity index (χ1v) is 6.38. The number of rotatable bonds is 4. The molecule has 1 atom stereocenters. The maximum atomic E-state index is 11.0. The Balaban J connectivity index is 2.65. The van der Waals surface area contributed by atoms with Gasteiger partial charge in [-0.25, -0.2) is 4.79 Å². The van der Waals surface area contributed by atoms with E-state index in [-0.39, 0.29) is 0 Å². The monoisotopic (exact) mass is 255 g/mol. The van der Waals surface area contributed by atoms with Crippen LogP contribution in [-0.4, -0.2) is 27.7 Å². The van der Waals surface area contributed by atoms with Crippen molar-refractivity contribution in [2.75, 3.05) is 6.26 Å². The van der Waals surface area contributed by atoms with Crippen molar-refractivity contribution >= 4 is 34.3 Å². The minimum atomic E-state index is -0.889. The molecule has 5 heteroatoms.